The number of morpholine rings is 1. The Labute approximate surface area is 135 Å². The van der Waals surface area contributed by atoms with Crippen molar-refractivity contribution in [2.45, 2.75) is 19.4 Å². The quantitative estimate of drug-likeness (QED) is 0.416. The van der Waals surface area contributed by atoms with E-state index < -0.39 is 0 Å². The van der Waals surface area contributed by atoms with E-state index in [4.69, 9.17) is 9.73 Å². The number of hydrogen-bond donors (Lipinski definition) is 0. The van der Waals surface area contributed by atoms with Crippen LogP contribution in [0.15, 0.2) is 4.99 Å². The Balaban J connectivity index is 0.00000324. The third-order valence-corrected chi connectivity index (χ3v) is 3.27. The van der Waals surface area contributed by atoms with Crippen molar-refractivity contribution in [2.24, 2.45) is 4.99 Å². The topological polar surface area (TPSA) is 31.3 Å². The highest BCUT2D eigenvalue weighted by Crippen LogP contribution is 2.16. The second-order valence-corrected chi connectivity index (χ2v) is 5.82. The number of hydrogen-bond acceptors (Lipinski definition) is 3. The molecule has 0 radical (unpaired) electrons. The maximum atomic E-state index is 5.40. The number of aliphatic imine (C=N–C) groups is 1. The summed E-state index contributed by atoms with van der Waals surface area (Å²) in [4.78, 5) is 11.3. The first-order valence-corrected chi connectivity index (χ1v) is 6.56. The first-order valence-electron chi connectivity index (χ1n) is 6.56. The van der Waals surface area contributed by atoms with Crippen molar-refractivity contribution in [2.75, 3.05) is 61.0 Å². The lowest BCUT2D eigenvalue weighted by Gasteiger charge is -2.40. The van der Waals surface area contributed by atoms with Gasteiger partial charge in [0.25, 0.3) is 0 Å². The predicted octanol–water partition coefficient (Wildman–Crippen LogP) is 1.19. The van der Waals surface area contributed by atoms with Crippen LogP contribution in [0, 0.1) is 0 Å². The first-order chi connectivity index (χ1) is 8.34. The van der Waals surface area contributed by atoms with Crippen LogP contribution in [0.1, 0.15) is 13.8 Å². The molecule has 0 N–H and O–H groups in total. The number of nitrogens with zero attached hydrogens (tertiary/aromatic N) is 4. The highest BCUT2D eigenvalue weighted by atomic mass is 127. The second kappa shape index (κ2) is 8.26. The highest BCUT2D eigenvalue weighted by Gasteiger charge is 2.28. The summed E-state index contributed by atoms with van der Waals surface area (Å²) in [5.41, 5.74) is 0.0844. The largest absolute Gasteiger partial charge is 0.379 e. The maximum absolute atomic E-state index is 5.40. The molecule has 0 bridgehead atoms. The van der Waals surface area contributed by atoms with Gasteiger partial charge in [0.05, 0.1) is 19.8 Å². The van der Waals surface area contributed by atoms with Crippen LogP contribution in [-0.4, -0.2) is 87.2 Å². The van der Waals surface area contributed by atoms with Gasteiger partial charge >= 0.3 is 0 Å². The molecule has 0 aliphatic carbocycles. The van der Waals surface area contributed by atoms with Gasteiger partial charge in [-0.3, -0.25) is 9.89 Å². The summed E-state index contributed by atoms with van der Waals surface area (Å²) in [5, 5.41) is 0. The monoisotopic (exact) mass is 384 g/mol. The SMILES string of the molecule is CN(C)C(=NCC(C)(C)N1CCOCC1)N(C)C.I. The van der Waals surface area contributed by atoms with Crippen LogP contribution < -0.4 is 0 Å². The van der Waals surface area contributed by atoms with Gasteiger partial charge in [-0.05, 0) is 13.8 Å². The summed E-state index contributed by atoms with van der Waals surface area (Å²) in [7, 11) is 8.11. The van der Waals surface area contributed by atoms with Gasteiger partial charge in [0.15, 0.2) is 5.96 Å². The van der Waals surface area contributed by atoms with E-state index in [1.807, 2.05) is 28.2 Å². The van der Waals surface area contributed by atoms with E-state index >= 15 is 0 Å². The lowest BCUT2D eigenvalue weighted by Crippen LogP contribution is -2.52. The Kier molecular flexibility index (Phi) is 8.23. The van der Waals surface area contributed by atoms with Gasteiger partial charge in [0, 0.05) is 46.8 Å². The molecular formula is C13H29IN4O. The Bertz CT molecular complexity index is 276. The normalized spacial score (nSPS) is 16.5. The fraction of sp³-hybridized carbons (Fsp3) is 0.923. The van der Waals surface area contributed by atoms with Gasteiger partial charge in [0.2, 0.25) is 0 Å². The van der Waals surface area contributed by atoms with E-state index in [9.17, 15) is 0 Å². The molecule has 114 valence electrons. The van der Waals surface area contributed by atoms with Crippen molar-refractivity contribution in [3.05, 3.63) is 0 Å². The predicted molar refractivity (Wildman–Crippen MR) is 91.6 cm³/mol. The molecule has 5 nitrogen and oxygen atoms in total. The van der Waals surface area contributed by atoms with Crippen LogP contribution in [0.25, 0.3) is 0 Å². The van der Waals surface area contributed by atoms with E-state index in [1.54, 1.807) is 0 Å². The number of guanidine groups is 1. The van der Waals surface area contributed by atoms with Crippen molar-refractivity contribution in [1.29, 1.82) is 0 Å². The van der Waals surface area contributed by atoms with Crippen molar-refractivity contribution in [3.63, 3.8) is 0 Å². The number of rotatable bonds is 3. The Morgan fingerprint density at radius 1 is 1.11 bits per heavy atom. The second-order valence-electron chi connectivity index (χ2n) is 5.82. The summed E-state index contributed by atoms with van der Waals surface area (Å²) >= 11 is 0. The van der Waals surface area contributed by atoms with Crippen LogP contribution in [0.3, 0.4) is 0 Å². The minimum absolute atomic E-state index is 0. The molecule has 1 heterocycles. The molecule has 0 amide bonds. The average Bonchev–Trinajstić information content (AvgIpc) is 2.29. The van der Waals surface area contributed by atoms with Crippen LogP contribution in [0.4, 0.5) is 0 Å². The summed E-state index contributed by atoms with van der Waals surface area (Å²) < 4.78 is 5.40. The fourth-order valence-corrected chi connectivity index (χ4v) is 2.22. The molecule has 0 aromatic heterocycles. The molecule has 0 unspecified atom stereocenters. The van der Waals surface area contributed by atoms with E-state index in [1.165, 1.54) is 0 Å². The lowest BCUT2D eigenvalue weighted by molar-refractivity contribution is -0.00692. The van der Waals surface area contributed by atoms with Crippen molar-refractivity contribution in [3.8, 4) is 0 Å². The van der Waals surface area contributed by atoms with Gasteiger partial charge < -0.3 is 14.5 Å². The zero-order chi connectivity index (χ0) is 13.8. The van der Waals surface area contributed by atoms with Gasteiger partial charge in [0.1, 0.15) is 0 Å². The third-order valence-electron chi connectivity index (χ3n) is 3.27. The molecule has 1 rings (SSSR count). The maximum Gasteiger partial charge on any atom is 0.195 e. The van der Waals surface area contributed by atoms with Crippen LogP contribution in [0.5, 0.6) is 0 Å². The number of ether oxygens (including phenoxy) is 1. The zero-order valence-corrected chi connectivity index (χ0v) is 15.5. The minimum atomic E-state index is 0. The van der Waals surface area contributed by atoms with Crippen molar-refractivity contribution < 1.29 is 4.74 Å². The molecule has 0 atom stereocenters. The smallest absolute Gasteiger partial charge is 0.195 e. The van der Waals surface area contributed by atoms with Gasteiger partial charge in [-0.15, -0.1) is 24.0 Å². The molecule has 19 heavy (non-hydrogen) atoms. The Hall–Kier alpha value is -0.0800. The van der Waals surface area contributed by atoms with E-state index in [0.717, 1.165) is 38.8 Å². The molecule has 6 heteroatoms. The molecule has 0 aromatic rings. The zero-order valence-electron chi connectivity index (χ0n) is 13.1. The summed E-state index contributed by atoms with van der Waals surface area (Å²) in [6, 6.07) is 0. The average molecular weight is 384 g/mol. The van der Waals surface area contributed by atoms with Crippen molar-refractivity contribution >= 4 is 29.9 Å². The first kappa shape index (κ1) is 18.9. The highest BCUT2D eigenvalue weighted by molar-refractivity contribution is 14.0. The summed E-state index contributed by atoms with van der Waals surface area (Å²) in [6.07, 6.45) is 0. The molecule has 1 aliphatic heterocycles. The van der Waals surface area contributed by atoms with E-state index in [0.29, 0.717) is 0 Å². The third kappa shape index (κ3) is 5.83. The number of halogens is 1. The van der Waals surface area contributed by atoms with Crippen LogP contribution in [0.2, 0.25) is 0 Å². The Morgan fingerprint density at radius 2 is 1.58 bits per heavy atom. The van der Waals surface area contributed by atoms with Gasteiger partial charge in [-0.25, -0.2) is 0 Å². The van der Waals surface area contributed by atoms with Gasteiger partial charge in [-0.1, -0.05) is 0 Å². The van der Waals surface area contributed by atoms with Crippen molar-refractivity contribution in [1.82, 2.24) is 14.7 Å². The summed E-state index contributed by atoms with van der Waals surface area (Å²) in [5.74, 6) is 1.01. The Morgan fingerprint density at radius 3 is 2.00 bits per heavy atom. The molecule has 0 aromatic carbocycles. The van der Waals surface area contributed by atoms with E-state index in [-0.39, 0.29) is 29.5 Å². The summed E-state index contributed by atoms with van der Waals surface area (Å²) in [6.45, 7) is 8.99. The minimum Gasteiger partial charge on any atom is -0.379 e. The van der Waals surface area contributed by atoms with Crippen LogP contribution >= 0.6 is 24.0 Å². The standard InChI is InChI=1S/C13H28N4O.HI/c1-13(2,17-7-9-18-10-8-17)11-14-12(15(3)4)16(5)6;/h7-11H2,1-6H3;1H. The fourth-order valence-electron chi connectivity index (χ4n) is 2.22. The van der Waals surface area contributed by atoms with Crippen LogP contribution in [-0.2, 0) is 4.74 Å². The molecule has 1 aliphatic rings. The molecule has 1 saturated heterocycles. The molecular weight excluding hydrogens is 355 g/mol. The van der Waals surface area contributed by atoms with E-state index in [2.05, 4.69) is 28.5 Å². The molecule has 1 fully saturated rings. The lowest BCUT2D eigenvalue weighted by atomic mass is 10.0. The molecule has 0 saturated carbocycles. The van der Waals surface area contributed by atoms with Gasteiger partial charge in [-0.2, -0.15) is 0 Å². The molecule has 0 spiro atoms.